The molecule has 2 rings (SSSR count). The number of rotatable bonds is 4. The Bertz CT molecular complexity index is 495. The van der Waals surface area contributed by atoms with E-state index in [0.29, 0.717) is 23.9 Å². The summed E-state index contributed by atoms with van der Waals surface area (Å²) < 4.78 is 0. The van der Waals surface area contributed by atoms with Crippen LogP contribution in [0.1, 0.15) is 24.9 Å². The highest BCUT2D eigenvalue weighted by Crippen LogP contribution is 2.21. The Kier molecular flexibility index (Phi) is 5.50. The molecule has 5 nitrogen and oxygen atoms in total. The smallest absolute Gasteiger partial charge is 0.330 e. The van der Waals surface area contributed by atoms with Gasteiger partial charge in [-0.25, -0.2) is 9.59 Å². The molecule has 0 spiro atoms. The van der Waals surface area contributed by atoms with Gasteiger partial charge in [-0.15, -0.1) is 0 Å². The maximum absolute atomic E-state index is 12.3. The predicted octanol–water partition coefficient (Wildman–Crippen LogP) is 2.35. The summed E-state index contributed by atoms with van der Waals surface area (Å²) in [5, 5.41) is 12.4. The lowest BCUT2D eigenvalue weighted by Gasteiger charge is -2.32. The van der Waals surface area contributed by atoms with E-state index in [0.717, 1.165) is 12.2 Å². The average Bonchev–Trinajstić information content (AvgIpc) is 2.53. The van der Waals surface area contributed by atoms with Gasteiger partial charge in [0.25, 0.3) is 0 Å². The van der Waals surface area contributed by atoms with Gasteiger partial charge in [-0.1, -0.05) is 37.3 Å². The van der Waals surface area contributed by atoms with Gasteiger partial charge >= 0.3 is 12.0 Å². The highest BCUT2D eigenvalue weighted by Gasteiger charge is 2.27. The third kappa shape index (κ3) is 4.14. The molecule has 6 heteroatoms. The molecule has 0 aliphatic carbocycles. The molecule has 0 saturated carbocycles. The molecule has 1 heterocycles. The fourth-order valence-electron chi connectivity index (χ4n) is 2.30. The first-order valence-electron chi connectivity index (χ1n) is 7.06. The summed E-state index contributed by atoms with van der Waals surface area (Å²) in [6.45, 7) is 3.44. The fraction of sp³-hybridized carbons (Fsp3) is 0.467. The molecule has 0 radical (unpaired) electrons. The molecule has 2 amide bonds. The molecule has 21 heavy (non-hydrogen) atoms. The minimum Gasteiger partial charge on any atom is -0.479 e. The van der Waals surface area contributed by atoms with Crippen LogP contribution >= 0.6 is 11.8 Å². The number of hydrogen-bond acceptors (Lipinski definition) is 3. The average molecular weight is 308 g/mol. The molecule has 1 aliphatic heterocycles. The number of hydrogen-bond donors (Lipinski definition) is 2. The molecule has 1 aromatic carbocycles. The summed E-state index contributed by atoms with van der Waals surface area (Å²) in [6.07, 6.45) is 1.01. The summed E-state index contributed by atoms with van der Waals surface area (Å²) in [4.78, 5) is 25.4. The van der Waals surface area contributed by atoms with Crippen molar-refractivity contribution in [3.63, 3.8) is 0 Å². The first-order valence-corrected chi connectivity index (χ1v) is 8.11. The van der Waals surface area contributed by atoms with Gasteiger partial charge in [-0.05, 0) is 12.0 Å². The molecular weight excluding hydrogens is 288 g/mol. The molecule has 2 atom stereocenters. The van der Waals surface area contributed by atoms with Gasteiger partial charge in [0.1, 0.15) is 0 Å². The van der Waals surface area contributed by atoms with E-state index < -0.39 is 12.0 Å². The zero-order chi connectivity index (χ0) is 15.2. The molecular formula is C15H20N2O3S. The molecule has 1 aromatic rings. The van der Waals surface area contributed by atoms with Crippen LogP contribution < -0.4 is 5.32 Å². The van der Waals surface area contributed by atoms with Crippen LogP contribution in [0, 0.1) is 0 Å². The Morgan fingerprint density at radius 3 is 2.76 bits per heavy atom. The summed E-state index contributed by atoms with van der Waals surface area (Å²) in [7, 11) is 0. The molecule has 2 unspecified atom stereocenters. The van der Waals surface area contributed by atoms with Crippen LogP contribution in [0.25, 0.3) is 0 Å². The SMILES string of the molecule is CCC1CN(C(=O)NC(C(=O)O)c2ccccc2)CCS1. The quantitative estimate of drug-likeness (QED) is 0.896. The minimum atomic E-state index is -1.05. The Balaban J connectivity index is 2.03. The van der Waals surface area contributed by atoms with Gasteiger partial charge in [-0.3, -0.25) is 0 Å². The summed E-state index contributed by atoms with van der Waals surface area (Å²) >= 11 is 1.87. The maximum atomic E-state index is 12.3. The van der Waals surface area contributed by atoms with Crippen molar-refractivity contribution in [1.82, 2.24) is 10.2 Å². The van der Waals surface area contributed by atoms with Crippen LogP contribution in [0.4, 0.5) is 4.79 Å². The van der Waals surface area contributed by atoms with Gasteiger partial charge in [0, 0.05) is 24.1 Å². The van der Waals surface area contributed by atoms with Crippen molar-refractivity contribution < 1.29 is 14.7 Å². The van der Waals surface area contributed by atoms with Crippen LogP contribution in [0.5, 0.6) is 0 Å². The third-order valence-corrected chi connectivity index (χ3v) is 4.90. The van der Waals surface area contributed by atoms with E-state index >= 15 is 0 Å². The molecule has 0 aromatic heterocycles. The van der Waals surface area contributed by atoms with Crippen molar-refractivity contribution in [1.29, 1.82) is 0 Å². The fourth-order valence-corrected chi connectivity index (χ4v) is 3.48. The molecule has 0 bridgehead atoms. The number of carboxylic acids is 1. The normalized spacial score (nSPS) is 19.9. The van der Waals surface area contributed by atoms with E-state index in [4.69, 9.17) is 0 Å². The first kappa shape index (κ1) is 15.7. The van der Waals surface area contributed by atoms with Crippen LogP contribution in [-0.2, 0) is 4.79 Å². The molecule has 2 N–H and O–H groups in total. The Morgan fingerprint density at radius 2 is 2.14 bits per heavy atom. The van der Waals surface area contributed by atoms with Crippen molar-refractivity contribution in [3.05, 3.63) is 35.9 Å². The lowest BCUT2D eigenvalue weighted by molar-refractivity contribution is -0.139. The minimum absolute atomic E-state index is 0.301. The number of thioether (sulfide) groups is 1. The van der Waals surface area contributed by atoms with Gasteiger partial charge in [0.2, 0.25) is 0 Å². The topological polar surface area (TPSA) is 69.6 Å². The number of nitrogens with one attached hydrogen (secondary N) is 1. The van der Waals surface area contributed by atoms with E-state index in [1.807, 2.05) is 17.8 Å². The molecule has 1 saturated heterocycles. The Labute approximate surface area is 128 Å². The molecule has 1 fully saturated rings. The number of benzene rings is 1. The number of aliphatic carboxylic acids is 1. The zero-order valence-corrected chi connectivity index (χ0v) is 12.8. The molecule has 1 aliphatic rings. The number of amides is 2. The van der Waals surface area contributed by atoms with E-state index in [2.05, 4.69) is 12.2 Å². The van der Waals surface area contributed by atoms with Gasteiger partial charge in [-0.2, -0.15) is 11.8 Å². The Hall–Kier alpha value is -1.69. The van der Waals surface area contributed by atoms with Crippen molar-refractivity contribution in [2.75, 3.05) is 18.8 Å². The lowest BCUT2D eigenvalue weighted by Crippen LogP contribution is -2.48. The highest BCUT2D eigenvalue weighted by atomic mass is 32.2. The van der Waals surface area contributed by atoms with Gasteiger partial charge in [0.15, 0.2) is 6.04 Å². The largest absolute Gasteiger partial charge is 0.479 e. The zero-order valence-electron chi connectivity index (χ0n) is 12.0. The number of carboxylic acid groups (broad SMARTS) is 1. The predicted molar refractivity (Wildman–Crippen MR) is 83.5 cm³/mol. The second-order valence-electron chi connectivity index (χ2n) is 4.98. The van der Waals surface area contributed by atoms with Crippen LogP contribution in [0.15, 0.2) is 30.3 Å². The first-order chi connectivity index (χ1) is 10.1. The lowest BCUT2D eigenvalue weighted by atomic mass is 10.1. The number of carbonyl (C=O) groups excluding carboxylic acids is 1. The Morgan fingerprint density at radius 1 is 1.43 bits per heavy atom. The van der Waals surface area contributed by atoms with Crippen molar-refractivity contribution >= 4 is 23.8 Å². The number of urea groups is 1. The van der Waals surface area contributed by atoms with Crippen LogP contribution in [-0.4, -0.2) is 46.1 Å². The van der Waals surface area contributed by atoms with Gasteiger partial charge < -0.3 is 15.3 Å². The second-order valence-corrected chi connectivity index (χ2v) is 6.39. The summed E-state index contributed by atoms with van der Waals surface area (Å²) in [6, 6.07) is 7.46. The van der Waals surface area contributed by atoms with Crippen molar-refractivity contribution in [3.8, 4) is 0 Å². The van der Waals surface area contributed by atoms with Crippen LogP contribution in [0.3, 0.4) is 0 Å². The van der Waals surface area contributed by atoms with E-state index in [1.54, 1.807) is 29.2 Å². The highest BCUT2D eigenvalue weighted by molar-refractivity contribution is 8.00. The maximum Gasteiger partial charge on any atom is 0.330 e. The summed E-state index contributed by atoms with van der Waals surface area (Å²) in [5.41, 5.74) is 0.580. The second kappa shape index (κ2) is 7.36. The van der Waals surface area contributed by atoms with E-state index in [-0.39, 0.29) is 6.03 Å². The monoisotopic (exact) mass is 308 g/mol. The number of carbonyl (C=O) groups is 2. The van der Waals surface area contributed by atoms with Gasteiger partial charge in [0.05, 0.1) is 0 Å². The molecule has 114 valence electrons. The third-order valence-electron chi connectivity index (χ3n) is 3.53. The van der Waals surface area contributed by atoms with E-state index in [9.17, 15) is 14.7 Å². The van der Waals surface area contributed by atoms with E-state index in [1.165, 1.54) is 0 Å². The van der Waals surface area contributed by atoms with Crippen molar-refractivity contribution in [2.24, 2.45) is 0 Å². The standard InChI is InChI=1S/C15H20N2O3S/c1-2-12-10-17(8-9-21-12)15(20)16-13(14(18)19)11-6-4-3-5-7-11/h3-7,12-13H,2,8-10H2,1H3,(H,16,20)(H,18,19). The van der Waals surface area contributed by atoms with Crippen LogP contribution in [0.2, 0.25) is 0 Å². The summed E-state index contributed by atoms with van der Waals surface area (Å²) in [5.74, 6) is -0.150. The number of nitrogens with zero attached hydrogens (tertiary/aromatic N) is 1. The van der Waals surface area contributed by atoms with Crippen molar-refractivity contribution in [2.45, 2.75) is 24.6 Å².